The van der Waals surface area contributed by atoms with E-state index in [0.29, 0.717) is 31.6 Å². The fraction of sp³-hybridized carbons (Fsp3) is 0.526. The maximum Gasteiger partial charge on any atom is 0.303 e. The monoisotopic (exact) mass is 346 g/mol. The molecule has 2 rings (SSSR count). The summed E-state index contributed by atoms with van der Waals surface area (Å²) < 4.78 is 0. The zero-order valence-electron chi connectivity index (χ0n) is 14.9. The number of hydrogen-bond donors (Lipinski definition) is 1. The largest absolute Gasteiger partial charge is 0.481 e. The van der Waals surface area contributed by atoms with Gasteiger partial charge in [0, 0.05) is 38.7 Å². The SMILES string of the molecule is Cc1ccc(C(=O)N2CCC[C@H](C(=O)N(C)CCCC(=O)O)C2)cc1. The summed E-state index contributed by atoms with van der Waals surface area (Å²) in [6.45, 7) is 3.49. The highest BCUT2D eigenvalue weighted by Gasteiger charge is 2.30. The number of carbonyl (C=O) groups is 3. The topological polar surface area (TPSA) is 77.9 Å². The van der Waals surface area contributed by atoms with E-state index in [-0.39, 0.29) is 24.2 Å². The first-order valence-electron chi connectivity index (χ1n) is 8.71. The summed E-state index contributed by atoms with van der Waals surface area (Å²) in [6.07, 6.45) is 2.06. The van der Waals surface area contributed by atoms with Gasteiger partial charge in [0.15, 0.2) is 0 Å². The van der Waals surface area contributed by atoms with E-state index in [9.17, 15) is 14.4 Å². The van der Waals surface area contributed by atoms with Gasteiger partial charge in [0.1, 0.15) is 0 Å². The molecule has 1 aliphatic rings. The number of aliphatic carboxylic acids is 1. The summed E-state index contributed by atoms with van der Waals surface area (Å²) in [7, 11) is 1.70. The van der Waals surface area contributed by atoms with Gasteiger partial charge in [-0.3, -0.25) is 14.4 Å². The van der Waals surface area contributed by atoms with E-state index >= 15 is 0 Å². The minimum Gasteiger partial charge on any atom is -0.481 e. The Morgan fingerprint density at radius 2 is 1.92 bits per heavy atom. The molecule has 1 atom stereocenters. The molecule has 6 nitrogen and oxygen atoms in total. The van der Waals surface area contributed by atoms with Crippen molar-refractivity contribution in [2.75, 3.05) is 26.7 Å². The predicted octanol–water partition coefficient (Wildman–Crippen LogP) is 2.17. The van der Waals surface area contributed by atoms with Gasteiger partial charge < -0.3 is 14.9 Å². The van der Waals surface area contributed by atoms with Crippen molar-refractivity contribution < 1.29 is 19.5 Å². The Kier molecular flexibility index (Phi) is 6.56. The first kappa shape index (κ1) is 19.0. The second-order valence-electron chi connectivity index (χ2n) is 6.71. The molecule has 0 unspecified atom stereocenters. The molecule has 0 radical (unpaired) electrons. The van der Waals surface area contributed by atoms with E-state index in [4.69, 9.17) is 5.11 Å². The maximum absolute atomic E-state index is 12.6. The first-order valence-corrected chi connectivity index (χ1v) is 8.71. The van der Waals surface area contributed by atoms with Crippen LogP contribution >= 0.6 is 0 Å². The molecule has 1 fully saturated rings. The molecular formula is C19H26N2O4. The van der Waals surface area contributed by atoms with Crippen molar-refractivity contribution in [3.63, 3.8) is 0 Å². The number of aryl methyl sites for hydroxylation is 1. The van der Waals surface area contributed by atoms with E-state index in [0.717, 1.165) is 18.4 Å². The summed E-state index contributed by atoms with van der Waals surface area (Å²) in [5.74, 6) is -1.11. The Morgan fingerprint density at radius 1 is 1.24 bits per heavy atom. The third kappa shape index (κ3) is 5.31. The Balaban J connectivity index is 1.93. The molecule has 0 spiro atoms. The minimum absolute atomic E-state index is 0.00760. The lowest BCUT2D eigenvalue weighted by molar-refractivity contribution is -0.139. The van der Waals surface area contributed by atoms with Crippen molar-refractivity contribution in [1.29, 1.82) is 0 Å². The minimum atomic E-state index is -0.853. The van der Waals surface area contributed by atoms with Crippen LogP contribution in [0.4, 0.5) is 0 Å². The highest BCUT2D eigenvalue weighted by molar-refractivity contribution is 5.94. The zero-order valence-corrected chi connectivity index (χ0v) is 14.9. The number of benzene rings is 1. The van der Waals surface area contributed by atoms with Crippen molar-refractivity contribution in [1.82, 2.24) is 9.80 Å². The zero-order chi connectivity index (χ0) is 18.4. The second-order valence-corrected chi connectivity index (χ2v) is 6.71. The molecule has 1 aromatic carbocycles. The van der Waals surface area contributed by atoms with Gasteiger partial charge in [-0.05, 0) is 38.3 Å². The average molecular weight is 346 g/mol. The summed E-state index contributed by atoms with van der Waals surface area (Å²) >= 11 is 0. The highest BCUT2D eigenvalue weighted by Crippen LogP contribution is 2.21. The van der Waals surface area contributed by atoms with Gasteiger partial charge in [0.2, 0.25) is 5.91 Å². The summed E-state index contributed by atoms with van der Waals surface area (Å²) in [4.78, 5) is 39.1. The standard InChI is InChI=1S/C19H26N2O4/c1-14-7-9-15(10-8-14)19(25)21-12-3-5-16(13-21)18(24)20(2)11-4-6-17(22)23/h7-10,16H,3-6,11-13H2,1-2H3,(H,22,23)/t16-/m0/s1. The van der Waals surface area contributed by atoms with E-state index in [1.54, 1.807) is 16.8 Å². The van der Waals surface area contributed by atoms with Gasteiger partial charge in [-0.25, -0.2) is 0 Å². The Morgan fingerprint density at radius 3 is 2.56 bits per heavy atom. The Labute approximate surface area is 148 Å². The molecule has 1 aliphatic heterocycles. The van der Waals surface area contributed by atoms with Gasteiger partial charge in [0.25, 0.3) is 5.91 Å². The van der Waals surface area contributed by atoms with E-state index in [2.05, 4.69) is 0 Å². The third-order valence-electron chi connectivity index (χ3n) is 4.62. The normalized spacial score (nSPS) is 17.2. The van der Waals surface area contributed by atoms with Crippen LogP contribution < -0.4 is 0 Å². The summed E-state index contributed by atoms with van der Waals surface area (Å²) in [6, 6.07) is 7.47. The lowest BCUT2D eigenvalue weighted by atomic mass is 9.95. The molecule has 0 bridgehead atoms. The number of nitrogens with zero attached hydrogens (tertiary/aromatic N) is 2. The number of carboxylic acids is 1. The molecule has 6 heteroatoms. The molecule has 1 heterocycles. The molecule has 0 aliphatic carbocycles. The van der Waals surface area contributed by atoms with Crippen molar-refractivity contribution in [2.45, 2.75) is 32.6 Å². The van der Waals surface area contributed by atoms with Gasteiger partial charge in [-0.15, -0.1) is 0 Å². The fourth-order valence-corrected chi connectivity index (χ4v) is 3.13. The predicted molar refractivity (Wildman–Crippen MR) is 94.3 cm³/mol. The number of hydrogen-bond acceptors (Lipinski definition) is 3. The number of carbonyl (C=O) groups excluding carboxylic acids is 2. The van der Waals surface area contributed by atoms with Gasteiger partial charge in [0.05, 0.1) is 5.92 Å². The molecule has 136 valence electrons. The number of amides is 2. The van der Waals surface area contributed by atoms with Crippen LogP contribution in [0.2, 0.25) is 0 Å². The molecule has 0 aromatic heterocycles. The summed E-state index contributed by atoms with van der Waals surface area (Å²) in [5.41, 5.74) is 1.75. The first-order chi connectivity index (χ1) is 11.9. The second kappa shape index (κ2) is 8.65. The molecule has 1 saturated heterocycles. The number of piperidine rings is 1. The molecule has 1 N–H and O–H groups in total. The van der Waals surface area contributed by atoms with Crippen LogP contribution in [0.15, 0.2) is 24.3 Å². The van der Waals surface area contributed by atoms with Crippen LogP contribution in [-0.4, -0.2) is 59.4 Å². The maximum atomic E-state index is 12.6. The molecule has 0 saturated carbocycles. The molecular weight excluding hydrogens is 320 g/mol. The third-order valence-corrected chi connectivity index (χ3v) is 4.62. The van der Waals surface area contributed by atoms with Crippen LogP contribution in [0.3, 0.4) is 0 Å². The van der Waals surface area contributed by atoms with Crippen molar-refractivity contribution in [3.05, 3.63) is 35.4 Å². The fourth-order valence-electron chi connectivity index (χ4n) is 3.13. The number of rotatable bonds is 6. The van der Waals surface area contributed by atoms with Crippen molar-refractivity contribution >= 4 is 17.8 Å². The van der Waals surface area contributed by atoms with Crippen LogP contribution in [-0.2, 0) is 9.59 Å². The average Bonchev–Trinajstić information content (AvgIpc) is 2.60. The Bertz CT molecular complexity index is 627. The number of likely N-dealkylation sites (tertiary alicyclic amines) is 1. The van der Waals surface area contributed by atoms with E-state index in [1.807, 2.05) is 31.2 Å². The van der Waals surface area contributed by atoms with E-state index in [1.165, 1.54) is 0 Å². The van der Waals surface area contributed by atoms with Crippen LogP contribution in [0, 0.1) is 12.8 Å². The highest BCUT2D eigenvalue weighted by atomic mass is 16.4. The van der Waals surface area contributed by atoms with Gasteiger partial charge in [-0.1, -0.05) is 17.7 Å². The lowest BCUT2D eigenvalue weighted by Gasteiger charge is -2.34. The van der Waals surface area contributed by atoms with Gasteiger partial charge in [-0.2, -0.15) is 0 Å². The van der Waals surface area contributed by atoms with Crippen LogP contribution in [0.1, 0.15) is 41.6 Å². The number of carboxylic acid groups (broad SMARTS) is 1. The smallest absolute Gasteiger partial charge is 0.303 e. The quantitative estimate of drug-likeness (QED) is 0.856. The summed E-state index contributed by atoms with van der Waals surface area (Å²) in [5, 5.41) is 8.69. The molecule has 1 aromatic rings. The van der Waals surface area contributed by atoms with Crippen molar-refractivity contribution in [2.24, 2.45) is 5.92 Å². The molecule has 2 amide bonds. The lowest BCUT2D eigenvalue weighted by Crippen LogP contribution is -2.46. The van der Waals surface area contributed by atoms with Gasteiger partial charge >= 0.3 is 5.97 Å². The van der Waals surface area contributed by atoms with Crippen molar-refractivity contribution in [3.8, 4) is 0 Å². The van der Waals surface area contributed by atoms with Crippen LogP contribution in [0.25, 0.3) is 0 Å². The molecule has 25 heavy (non-hydrogen) atoms. The van der Waals surface area contributed by atoms with Crippen LogP contribution in [0.5, 0.6) is 0 Å². The van der Waals surface area contributed by atoms with E-state index < -0.39 is 5.97 Å². The Hall–Kier alpha value is -2.37.